The number of nitrogens with two attached hydrogens (primary N) is 1. The summed E-state index contributed by atoms with van der Waals surface area (Å²) < 4.78 is 5.29. The summed E-state index contributed by atoms with van der Waals surface area (Å²) >= 11 is 10.3. The Labute approximate surface area is 135 Å². The molecule has 1 aromatic heterocycles. The molecule has 6 heteroatoms. The average Bonchev–Trinajstić information content (AvgIpc) is 2.41. The van der Waals surface area contributed by atoms with E-state index in [9.17, 15) is 0 Å². The van der Waals surface area contributed by atoms with Crippen molar-refractivity contribution in [1.82, 2.24) is 9.97 Å². The number of ether oxygens (including phenoxy) is 1. The van der Waals surface area contributed by atoms with Crippen molar-refractivity contribution in [2.24, 2.45) is 0 Å². The number of halogens is 1. The van der Waals surface area contributed by atoms with Gasteiger partial charge in [-0.2, -0.15) is 0 Å². The summed E-state index contributed by atoms with van der Waals surface area (Å²) in [6, 6.07) is 3.90. The summed E-state index contributed by atoms with van der Waals surface area (Å²) in [5.74, 6) is 1.47. The van der Waals surface area contributed by atoms with Gasteiger partial charge in [-0.1, -0.05) is 25.4 Å². The third-order valence-corrected chi connectivity index (χ3v) is 3.81. The number of hydrogen-bond acceptors (Lipinski definition) is 5. The minimum atomic E-state index is 0.345. The van der Waals surface area contributed by atoms with Crippen LogP contribution in [0.25, 0.3) is 0 Å². The predicted molar refractivity (Wildman–Crippen MR) is 88.6 cm³/mol. The minimum Gasteiger partial charge on any atom is -0.495 e. The van der Waals surface area contributed by atoms with Crippen LogP contribution in [0.15, 0.2) is 23.5 Å². The molecule has 112 valence electrons. The van der Waals surface area contributed by atoms with E-state index in [2.05, 4.69) is 36.4 Å². The molecule has 0 bridgehead atoms. The van der Waals surface area contributed by atoms with Crippen molar-refractivity contribution in [2.45, 2.75) is 31.3 Å². The number of rotatable bonds is 4. The molecule has 0 aliphatic rings. The molecule has 0 fully saturated rings. The van der Waals surface area contributed by atoms with Crippen molar-refractivity contribution >= 4 is 30.0 Å². The molecule has 2 rings (SSSR count). The molecule has 0 amide bonds. The summed E-state index contributed by atoms with van der Waals surface area (Å²) in [4.78, 5) is 8.16. The summed E-state index contributed by atoms with van der Waals surface area (Å²) in [7, 11) is 1.61. The summed E-state index contributed by atoms with van der Waals surface area (Å²) in [6.07, 6.45) is 2.32. The number of nitrogens with zero attached hydrogens (tertiary/aromatic N) is 2. The second kappa shape index (κ2) is 6.54. The van der Waals surface area contributed by atoms with E-state index in [0.29, 0.717) is 34.1 Å². The van der Waals surface area contributed by atoms with E-state index in [1.54, 1.807) is 13.3 Å². The SMILES string of the molecule is COc1cc(C(C)C)c(Cc2cnc(S)nc2N)cc1Cl. The van der Waals surface area contributed by atoms with Gasteiger partial charge in [-0.05, 0) is 29.2 Å². The number of benzene rings is 1. The first-order valence-corrected chi connectivity index (χ1v) is 7.41. The predicted octanol–water partition coefficient (Wildman–Crippen LogP) is 3.72. The number of methoxy groups -OCH3 is 1. The summed E-state index contributed by atoms with van der Waals surface area (Å²) in [6.45, 7) is 4.26. The van der Waals surface area contributed by atoms with Crippen LogP contribution >= 0.6 is 24.2 Å². The zero-order valence-electron chi connectivity index (χ0n) is 12.2. The summed E-state index contributed by atoms with van der Waals surface area (Å²) in [5.41, 5.74) is 9.06. The monoisotopic (exact) mass is 323 g/mol. The van der Waals surface area contributed by atoms with E-state index < -0.39 is 0 Å². The van der Waals surface area contributed by atoms with Gasteiger partial charge in [-0.3, -0.25) is 0 Å². The maximum absolute atomic E-state index is 6.24. The van der Waals surface area contributed by atoms with Gasteiger partial charge in [0.2, 0.25) is 0 Å². The molecule has 2 N–H and O–H groups in total. The number of aromatic nitrogens is 2. The van der Waals surface area contributed by atoms with Gasteiger partial charge in [0.1, 0.15) is 11.6 Å². The van der Waals surface area contributed by atoms with Gasteiger partial charge in [0, 0.05) is 18.2 Å². The first kappa shape index (κ1) is 15.9. The fourth-order valence-electron chi connectivity index (χ4n) is 2.21. The van der Waals surface area contributed by atoms with Gasteiger partial charge >= 0.3 is 0 Å². The molecule has 1 heterocycles. The molecule has 0 aliphatic carbocycles. The third kappa shape index (κ3) is 3.60. The highest BCUT2D eigenvalue weighted by molar-refractivity contribution is 7.80. The summed E-state index contributed by atoms with van der Waals surface area (Å²) in [5, 5.41) is 0.954. The Balaban J connectivity index is 2.45. The molecule has 0 unspecified atom stereocenters. The van der Waals surface area contributed by atoms with Crippen LogP contribution in [-0.4, -0.2) is 17.1 Å². The molecule has 1 aromatic carbocycles. The zero-order chi connectivity index (χ0) is 15.6. The Morgan fingerprint density at radius 1 is 1.33 bits per heavy atom. The van der Waals surface area contributed by atoms with E-state index in [-0.39, 0.29) is 0 Å². The second-order valence-electron chi connectivity index (χ2n) is 5.10. The lowest BCUT2D eigenvalue weighted by Gasteiger charge is -2.16. The largest absolute Gasteiger partial charge is 0.495 e. The standard InChI is InChI=1S/C15H18ClN3OS/c1-8(2)11-6-13(20-3)12(16)5-9(11)4-10-7-18-15(21)19-14(10)17/h5-8H,4H2,1-3H3,(H3,17,18,19,21). The van der Waals surface area contributed by atoms with E-state index in [4.69, 9.17) is 22.1 Å². The van der Waals surface area contributed by atoms with Gasteiger partial charge in [-0.15, -0.1) is 12.6 Å². The fourth-order valence-corrected chi connectivity index (χ4v) is 2.64. The Hall–Kier alpha value is -1.46. The van der Waals surface area contributed by atoms with Crippen LogP contribution in [0.1, 0.15) is 36.5 Å². The van der Waals surface area contributed by atoms with Crippen LogP contribution < -0.4 is 10.5 Å². The van der Waals surface area contributed by atoms with Crippen LogP contribution in [0, 0.1) is 0 Å². The Kier molecular flexibility index (Phi) is 4.96. The van der Waals surface area contributed by atoms with E-state index in [1.807, 2.05) is 12.1 Å². The molecule has 0 saturated carbocycles. The highest BCUT2D eigenvalue weighted by Crippen LogP contribution is 2.33. The van der Waals surface area contributed by atoms with Crippen LogP contribution in [0.3, 0.4) is 0 Å². The quantitative estimate of drug-likeness (QED) is 0.665. The topological polar surface area (TPSA) is 61.0 Å². The number of nitrogen functional groups attached to an aromatic ring is 1. The Morgan fingerprint density at radius 2 is 2.05 bits per heavy atom. The van der Waals surface area contributed by atoms with Gasteiger partial charge in [0.25, 0.3) is 0 Å². The second-order valence-corrected chi connectivity index (χ2v) is 5.90. The normalized spacial score (nSPS) is 11.0. The molecular weight excluding hydrogens is 306 g/mol. The third-order valence-electron chi connectivity index (χ3n) is 3.30. The maximum Gasteiger partial charge on any atom is 0.186 e. The van der Waals surface area contributed by atoms with Crippen molar-refractivity contribution < 1.29 is 4.74 Å². The maximum atomic E-state index is 6.24. The molecule has 2 aromatic rings. The average molecular weight is 324 g/mol. The van der Waals surface area contributed by atoms with Crippen LogP contribution in [-0.2, 0) is 6.42 Å². The van der Waals surface area contributed by atoms with Gasteiger partial charge in [-0.25, -0.2) is 9.97 Å². The van der Waals surface area contributed by atoms with Gasteiger partial charge in [0.15, 0.2) is 5.16 Å². The molecule has 4 nitrogen and oxygen atoms in total. The first-order valence-electron chi connectivity index (χ1n) is 6.59. The molecule has 0 spiro atoms. The smallest absolute Gasteiger partial charge is 0.186 e. The van der Waals surface area contributed by atoms with E-state index in [1.165, 1.54) is 5.56 Å². The van der Waals surface area contributed by atoms with Gasteiger partial charge < -0.3 is 10.5 Å². The van der Waals surface area contributed by atoms with Crippen LogP contribution in [0.5, 0.6) is 5.75 Å². The highest BCUT2D eigenvalue weighted by Gasteiger charge is 2.14. The minimum absolute atomic E-state index is 0.345. The van der Waals surface area contributed by atoms with Gasteiger partial charge in [0.05, 0.1) is 12.1 Å². The molecular formula is C15H18ClN3OS. The van der Waals surface area contributed by atoms with Crippen molar-refractivity contribution in [3.63, 3.8) is 0 Å². The molecule has 0 saturated heterocycles. The van der Waals surface area contributed by atoms with E-state index in [0.717, 1.165) is 11.1 Å². The van der Waals surface area contributed by atoms with Crippen molar-refractivity contribution in [1.29, 1.82) is 0 Å². The highest BCUT2D eigenvalue weighted by atomic mass is 35.5. The molecule has 0 aliphatic heterocycles. The van der Waals surface area contributed by atoms with Crippen LogP contribution in [0.4, 0.5) is 5.82 Å². The Bertz CT molecular complexity index is 662. The van der Waals surface area contributed by atoms with Crippen molar-refractivity contribution in [3.8, 4) is 5.75 Å². The Morgan fingerprint density at radius 3 is 2.62 bits per heavy atom. The number of hydrogen-bond donors (Lipinski definition) is 2. The van der Waals surface area contributed by atoms with Crippen molar-refractivity contribution in [3.05, 3.63) is 40.0 Å². The first-order chi connectivity index (χ1) is 9.92. The molecule has 0 atom stereocenters. The lowest BCUT2D eigenvalue weighted by molar-refractivity contribution is 0.414. The van der Waals surface area contributed by atoms with E-state index >= 15 is 0 Å². The lowest BCUT2D eigenvalue weighted by Crippen LogP contribution is -2.04. The van der Waals surface area contributed by atoms with Crippen molar-refractivity contribution in [2.75, 3.05) is 12.8 Å². The molecule has 21 heavy (non-hydrogen) atoms. The van der Waals surface area contributed by atoms with Crippen LogP contribution in [0.2, 0.25) is 5.02 Å². The number of thiol groups is 1. The number of anilines is 1. The fraction of sp³-hybridized carbons (Fsp3) is 0.333. The zero-order valence-corrected chi connectivity index (χ0v) is 13.9. The molecule has 0 radical (unpaired) electrons. The lowest BCUT2D eigenvalue weighted by atomic mass is 9.93.